The predicted octanol–water partition coefficient (Wildman–Crippen LogP) is 4.90. The van der Waals surface area contributed by atoms with Gasteiger partial charge in [0.2, 0.25) is 5.91 Å². The van der Waals surface area contributed by atoms with Gasteiger partial charge in [0, 0.05) is 24.3 Å². The fraction of sp³-hybridized carbons (Fsp3) is 0.296. The Labute approximate surface area is 190 Å². The first-order valence-electron chi connectivity index (χ1n) is 10.9. The topological polar surface area (TPSA) is 50.8 Å². The summed E-state index contributed by atoms with van der Waals surface area (Å²) in [6.07, 6.45) is 1.59. The molecule has 0 saturated carbocycles. The molecule has 3 aromatic rings. The Morgan fingerprint density at radius 1 is 0.938 bits per heavy atom. The van der Waals surface area contributed by atoms with Crippen molar-refractivity contribution in [3.05, 3.63) is 89.5 Å². The van der Waals surface area contributed by atoms with Gasteiger partial charge in [-0.1, -0.05) is 60.7 Å². The monoisotopic (exact) mass is 430 g/mol. The van der Waals surface area contributed by atoms with Gasteiger partial charge in [-0.15, -0.1) is 0 Å². The lowest BCUT2D eigenvalue weighted by Gasteiger charge is -2.49. The molecular formula is C27H30N2O3. The lowest BCUT2D eigenvalue weighted by atomic mass is 9.84. The van der Waals surface area contributed by atoms with Gasteiger partial charge in [0.05, 0.1) is 19.8 Å². The maximum Gasteiger partial charge on any atom is 0.244 e. The van der Waals surface area contributed by atoms with Gasteiger partial charge in [-0.2, -0.15) is 0 Å². The zero-order chi connectivity index (χ0) is 22.6. The second-order valence-electron chi connectivity index (χ2n) is 8.37. The number of carbonyl (C=O) groups is 1. The number of likely N-dealkylation sites (tertiary alicyclic amines) is 1. The Morgan fingerprint density at radius 2 is 1.66 bits per heavy atom. The van der Waals surface area contributed by atoms with Crippen molar-refractivity contribution in [2.45, 2.75) is 31.8 Å². The zero-order valence-corrected chi connectivity index (χ0v) is 18.9. The maximum absolute atomic E-state index is 13.4. The summed E-state index contributed by atoms with van der Waals surface area (Å²) in [5, 5.41) is 3.20. The molecule has 0 aliphatic carbocycles. The summed E-state index contributed by atoms with van der Waals surface area (Å²) in [7, 11) is 3.28. The molecule has 5 heteroatoms. The van der Waals surface area contributed by atoms with Crippen molar-refractivity contribution in [3.63, 3.8) is 0 Å². The first kappa shape index (κ1) is 21.9. The van der Waals surface area contributed by atoms with Crippen LogP contribution in [0.1, 0.15) is 30.0 Å². The van der Waals surface area contributed by atoms with Crippen LogP contribution in [0.3, 0.4) is 0 Å². The van der Waals surface area contributed by atoms with Crippen LogP contribution >= 0.6 is 0 Å². The zero-order valence-electron chi connectivity index (χ0n) is 18.9. The fourth-order valence-electron chi connectivity index (χ4n) is 4.27. The van der Waals surface area contributed by atoms with Crippen LogP contribution in [-0.4, -0.2) is 37.1 Å². The van der Waals surface area contributed by atoms with Crippen molar-refractivity contribution in [1.82, 2.24) is 4.90 Å². The number of carbonyl (C=O) groups excluding carboxylic acids is 1. The Bertz CT molecular complexity index is 1080. The average Bonchev–Trinajstić information content (AvgIpc) is 2.82. The van der Waals surface area contributed by atoms with Gasteiger partial charge >= 0.3 is 0 Å². The van der Waals surface area contributed by atoms with E-state index in [1.54, 1.807) is 14.2 Å². The summed E-state index contributed by atoms with van der Waals surface area (Å²) in [5.74, 6) is 1.44. The van der Waals surface area contributed by atoms with E-state index in [4.69, 9.17) is 9.47 Å². The van der Waals surface area contributed by atoms with Gasteiger partial charge in [0.25, 0.3) is 0 Å². The summed E-state index contributed by atoms with van der Waals surface area (Å²) in [6.45, 7) is 3.49. The highest BCUT2D eigenvalue weighted by Crippen LogP contribution is 2.38. The van der Waals surface area contributed by atoms with E-state index in [9.17, 15) is 4.79 Å². The molecule has 1 aliphatic rings. The number of hydrogen-bond acceptors (Lipinski definition) is 4. The third kappa shape index (κ3) is 4.34. The van der Waals surface area contributed by atoms with E-state index in [0.717, 1.165) is 42.0 Å². The summed E-state index contributed by atoms with van der Waals surface area (Å²) in [4.78, 5) is 15.6. The van der Waals surface area contributed by atoms with Gasteiger partial charge in [-0.3, -0.25) is 9.69 Å². The third-order valence-corrected chi connectivity index (χ3v) is 6.40. The molecule has 1 saturated heterocycles. The van der Waals surface area contributed by atoms with E-state index in [1.807, 2.05) is 61.5 Å². The molecule has 1 fully saturated rings. The molecule has 1 atom stereocenters. The van der Waals surface area contributed by atoms with Crippen LogP contribution in [0.2, 0.25) is 0 Å². The fourth-order valence-corrected chi connectivity index (χ4v) is 4.27. The SMILES string of the molecule is COc1cccc(CN2CCC2(C)C(=O)Nc2ccccc2Cc2ccccc2)c1OC. The number of nitrogens with one attached hydrogen (secondary N) is 1. The van der Waals surface area contributed by atoms with Crippen molar-refractivity contribution >= 4 is 11.6 Å². The number of para-hydroxylation sites is 2. The number of benzene rings is 3. The van der Waals surface area contributed by atoms with Crippen LogP contribution in [0.5, 0.6) is 11.5 Å². The highest BCUT2D eigenvalue weighted by Gasteiger charge is 2.47. The number of anilines is 1. The minimum atomic E-state index is -0.575. The molecule has 0 spiro atoms. The standard InChI is InChI=1S/C27H30N2O3/c1-27(16-17-29(27)19-22-13-9-15-24(31-2)25(22)32-3)26(30)28-23-14-8-7-12-21(23)18-20-10-5-4-6-11-20/h4-15H,16-19H2,1-3H3,(H,28,30). The Morgan fingerprint density at radius 3 is 2.34 bits per heavy atom. The summed E-state index contributed by atoms with van der Waals surface area (Å²) in [6, 6.07) is 24.2. The number of rotatable bonds is 8. The van der Waals surface area contributed by atoms with E-state index < -0.39 is 5.54 Å². The quantitative estimate of drug-likeness (QED) is 0.552. The van der Waals surface area contributed by atoms with Crippen LogP contribution in [0.15, 0.2) is 72.8 Å². The second kappa shape index (κ2) is 9.45. The largest absolute Gasteiger partial charge is 0.493 e. The van der Waals surface area contributed by atoms with Gasteiger partial charge in [-0.25, -0.2) is 0 Å². The highest BCUT2D eigenvalue weighted by molar-refractivity contribution is 5.99. The van der Waals surface area contributed by atoms with Crippen molar-refractivity contribution in [3.8, 4) is 11.5 Å². The maximum atomic E-state index is 13.4. The van der Waals surface area contributed by atoms with E-state index in [1.165, 1.54) is 5.56 Å². The molecule has 1 aliphatic heterocycles. The second-order valence-corrected chi connectivity index (χ2v) is 8.37. The van der Waals surface area contributed by atoms with Crippen LogP contribution in [-0.2, 0) is 17.8 Å². The van der Waals surface area contributed by atoms with Crippen LogP contribution in [0, 0.1) is 0 Å². The molecule has 1 amide bonds. The Balaban J connectivity index is 1.50. The molecule has 1 N–H and O–H groups in total. The van der Waals surface area contributed by atoms with E-state index in [-0.39, 0.29) is 5.91 Å². The first-order chi connectivity index (χ1) is 15.5. The van der Waals surface area contributed by atoms with Gasteiger partial charge < -0.3 is 14.8 Å². The molecule has 1 unspecified atom stereocenters. The highest BCUT2D eigenvalue weighted by atomic mass is 16.5. The third-order valence-electron chi connectivity index (χ3n) is 6.40. The number of methoxy groups -OCH3 is 2. The minimum absolute atomic E-state index is 0.0196. The van der Waals surface area contributed by atoms with Crippen molar-refractivity contribution in [2.75, 3.05) is 26.1 Å². The van der Waals surface area contributed by atoms with Crippen LogP contribution in [0.25, 0.3) is 0 Å². The van der Waals surface area contributed by atoms with Crippen molar-refractivity contribution in [2.24, 2.45) is 0 Å². The molecule has 0 bridgehead atoms. The molecule has 1 heterocycles. The molecule has 3 aromatic carbocycles. The molecule has 5 nitrogen and oxygen atoms in total. The average molecular weight is 431 g/mol. The molecule has 32 heavy (non-hydrogen) atoms. The lowest BCUT2D eigenvalue weighted by molar-refractivity contribution is -0.136. The predicted molar refractivity (Wildman–Crippen MR) is 127 cm³/mol. The van der Waals surface area contributed by atoms with Gasteiger partial charge in [0.1, 0.15) is 0 Å². The van der Waals surface area contributed by atoms with Crippen molar-refractivity contribution in [1.29, 1.82) is 0 Å². The Kier molecular flexibility index (Phi) is 6.47. The van der Waals surface area contributed by atoms with Crippen LogP contribution < -0.4 is 14.8 Å². The molecule has 166 valence electrons. The van der Waals surface area contributed by atoms with E-state index in [2.05, 4.69) is 28.4 Å². The number of amides is 1. The summed E-state index contributed by atoms with van der Waals surface area (Å²) < 4.78 is 11.0. The summed E-state index contributed by atoms with van der Waals surface area (Å²) in [5.41, 5.74) is 3.63. The summed E-state index contributed by atoms with van der Waals surface area (Å²) >= 11 is 0. The van der Waals surface area contributed by atoms with E-state index in [0.29, 0.717) is 12.3 Å². The first-order valence-corrected chi connectivity index (χ1v) is 10.9. The number of hydrogen-bond donors (Lipinski definition) is 1. The van der Waals surface area contributed by atoms with Crippen LogP contribution in [0.4, 0.5) is 5.69 Å². The molecule has 4 rings (SSSR count). The molecule has 0 aromatic heterocycles. The van der Waals surface area contributed by atoms with Gasteiger partial charge in [-0.05, 0) is 43.0 Å². The Hall–Kier alpha value is -3.31. The number of ether oxygens (including phenoxy) is 2. The molecule has 0 radical (unpaired) electrons. The van der Waals surface area contributed by atoms with Gasteiger partial charge in [0.15, 0.2) is 11.5 Å². The lowest BCUT2D eigenvalue weighted by Crippen LogP contribution is -2.63. The van der Waals surface area contributed by atoms with E-state index >= 15 is 0 Å². The smallest absolute Gasteiger partial charge is 0.244 e. The van der Waals surface area contributed by atoms with Crippen molar-refractivity contribution < 1.29 is 14.3 Å². The minimum Gasteiger partial charge on any atom is -0.493 e. The molecular weight excluding hydrogens is 400 g/mol. The number of nitrogens with zero attached hydrogens (tertiary/aromatic N) is 1. The normalized spacial score (nSPS) is 18.0.